The molecule has 0 amide bonds. The zero-order valence-electron chi connectivity index (χ0n) is 11.7. The summed E-state index contributed by atoms with van der Waals surface area (Å²) < 4.78 is 11.0. The monoisotopic (exact) mass is 287 g/mol. The number of hydrogen-bond donors (Lipinski definition) is 2. The van der Waals surface area contributed by atoms with Crippen LogP contribution in [0.25, 0.3) is 0 Å². The van der Waals surface area contributed by atoms with Crippen molar-refractivity contribution in [3.63, 3.8) is 0 Å². The van der Waals surface area contributed by atoms with Gasteiger partial charge in [0, 0.05) is 0 Å². The minimum Gasteiger partial charge on any atom is -0.491 e. The molecule has 0 aliphatic rings. The Morgan fingerprint density at radius 2 is 1.57 bits per heavy atom. The minimum absolute atomic E-state index is 0.110. The number of ether oxygens (including phenoxy) is 2. The molecule has 2 rings (SSSR count). The van der Waals surface area contributed by atoms with Gasteiger partial charge in [0.05, 0.1) is 0 Å². The van der Waals surface area contributed by atoms with Crippen molar-refractivity contribution in [1.29, 1.82) is 0 Å². The van der Waals surface area contributed by atoms with Crippen molar-refractivity contribution < 1.29 is 19.4 Å². The quantitative estimate of drug-likeness (QED) is 0.853. The summed E-state index contributed by atoms with van der Waals surface area (Å²) in [4.78, 5) is 10.9. The number of benzene rings is 2. The van der Waals surface area contributed by atoms with Gasteiger partial charge >= 0.3 is 5.97 Å². The van der Waals surface area contributed by atoms with Crippen LogP contribution in [0.3, 0.4) is 0 Å². The number of nitrogens with two attached hydrogens (primary N) is 1. The molecule has 2 aromatic carbocycles. The summed E-state index contributed by atoms with van der Waals surface area (Å²) in [5, 5.41) is 8.90. The molecule has 5 nitrogen and oxygen atoms in total. The van der Waals surface area contributed by atoms with Crippen molar-refractivity contribution in [2.24, 2.45) is 5.73 Å². The van der Waals surface area contributed by atoms with Gasteiger partial charge in [-0.15, -0.1) is 0 Å². The van der Waals surface area contributed by atoms with Crippen molar-refractivity contribution in [2.45, 2.75) is 12.5 Å². The Morgan fingerprint density at radius 3 is 2.14 bits per heavy atom. The molecule has 0 radical (unpaired) electrons. The molecule has 1 atom stereocenters. The zero-order chi connectivity index (χ0) is 15.3. The average molecular weight is 287 g/mol. The topological polar surface area (TPSA) is 81.8 Å². The fraction of sp³-hybridized carbons (Fsp3) is 0.188. The number of hydrogen-bond acceptors (Lipinski definition) is 4. The third-order valence-corrected chi connectivity index (χ3v) is 2.83. The van der Waals surface area contributed by atoms with Gasteiger partial charge in [0.25, 0.3) is 0 Å². The summed E-state index contributed by atoms with van der Waals surface area (Å²) >= 11 is 0. The molecular formula is C16H17NO4. The van der Waals surface area contributed by atoms with Crippen LogP contribution < -0.4 is 15.2 Å². The molecular weight excluding hydrogens is 270 g/mol. The fourth-order valence-corrected chi connectivity index (χ4v) is 1.52. The molecule has 5 heteroatoms. The Bertz CT molecular complexity index is 593. The average Bonchev–Trinajstić information content (AvgIpc) is 2.47. The van der Waals surface area contributed by atoms with E-state index >= 15 is 0 Å². The van der Waals surface area contributed by atoms with Gasteiger partial charge in [-0.3, -0.25) is 4.79 Å². The molecule has 110 valence electrons. The molecule has 0 saturated carbocycles. The summed E-state index contributed by atoms with van der Waals surface area (Å²) in [6.07, 6.45) is 0. The number of carboxylic acids is 1. The van der Waals surface area contributed by atoms with Crippen molar-refractivity contribution in [3.8, 4) is 17.2 Å². The van der Waals surface area contributed by atoms with E-state index in [1.165, 1.54) is 6.92 Å². The van der Waals surface area contributed by atoms with E-state index in [9.17, 15) is 4.79 Å². The Balaban J connectivity index is 1.95. The van der Waals surface area contributed by atoms with Crippen LogP contribution >= 0.6 is 0 Å². The number of aliphatic carboxylic acids is 1. The zero-order valence-corrected chi connectivity index (χ0v) is 11.7. The Morgan fingerprint density at radius 1 is 1.05 bits per heavy atom. The first-order valence-corrected chi connectivity index (χ1v) is 6.45. The van der Waals surface area contributed by atoms with Crippen LogP contribution in [-0.2, 0) is 4.79 Å². The lowest BCUT2D eigenvalue weighted by Crippen LogP contribution is -2.49. The highest BCUT2D eigenvalue weighted by Crippen LogP contribution is 2.23. The summed E-state index contributed by atoms with van der Waals surface area (Å²) in [7, 11) is 0. The van der Waals surface area contributed by atoms with Crippen molar-refractivity contribution in [2.75, 3.05) is 6.61 Å². The lowest BCUT2D eigenvalue weighted by Gasteiger charge is -2.19. The SMILES string of the molecule is CC(N)(COc1ccc(Oc2ccccc2)cc1)C(=O)O. The molecule has 1 unspecified atom stereocenters. The van der Waals surface area contributed by atoms with Gasteiger partial charge in [-0.1, -0.05) is 18.2 Å². The Kier molecular flexibility index (Phi) is 4.45. The van der Waals surface area contributed by atoms with E-state index in [0.29, 0.717) is 11.5 Å². The second kappa shape index (κ2) is 6.28. The third kappa shape index (κ3) is 4.22. The minimum atomic E-state index is -1.42. The molecule has 0 bridgehead atoms. The first kappa shape index (κ1) is 14.9. The van der Waals surface area contributed by atoms with Gasteiger partial charge in [-0.05, 0) is 43.3 Å². The van der Waals surface area contributed by atoms with Crippen molar-refractivity contribution in [3.05, 3.63) is 54.6 Å². The van der Waals surface area contributed by atoms with Crippen molar-refractivity contribution >= 4 is 5.97 Å². The van der Waals surface area contributed by atoms with Crippen molar-refractivity contribution in [1.82, 2.24) is 0 Å². The largest absolute Gasteiger partial charge is 0.491 e. The molecule has 0 spiro atoms. The van der Waals surface area contributed by atoms with Gasteiger partial charge in [0.1, 0.15) is 29.4 Å². The highest BCUT2D eigenvalue weighted by atomic mass is 16.5. The van der Waals surface area contributed by atoms with E-state index in [2.05, 4.69) is 0 Å². The molecule has 0 aliphatic carbocycles. The number of rotatable bonds is 6. The summed E-state index contributed by atoms with van der Waals surface area (Å²) in [5.74, 6) is 0.841. The Hall–Kier alpha value is -2.53. The van der Waals surface area contributed by atoms with Crippen LogP contribution in [-0.4, -0.2) is 23.2 Å². The molecule has 0 aromatic heterocycles. The maximum Gasteiger partial charge on any atom is 0.326 e. The maximum absolute atomic E-state index is 10.9. The Labute approximate surface area is 122 Å². The van der Waals surface area contributed by atoms with E-state index in [-0.39, 0.29) is 6.61 Å². The fourth-order valence-electron chi connectivity index (χ4n) is 1.52. The molecule has 2 aromatic rings. The van der Waals surface area contributed by atoms with Gasteiger partial charge in [-0.25, -0.2) is 0 Å². The third-order valence-electron chi connectivity index (χ3n) is 2.83. The van der Waals surface area contributed by atoms with Gasteiger partial charge in [0.15, 0.2) is 0 Å². The predicted octanol–water partition coefficient (Wildman–Crippen LogP) is 2.66. The highest BCUT2D eigenvalue weighted by molar-refractivity contribution is 5.78. The van der Waals surface area contributed by atoms with E-state index in [1.54, 1.807) is 24.3 Å². The van der Waals surface area contributed by atoms with E-state index in [0.717, 1.165) is 5.75 Å². The van der Waals surface area contributed by atoms with Crippen LogP contribution in [0.15, 0.2) is 54.6 Å². The molecule has 0 aliphatic heterocycles. The lowest BCUT2D eigenvalue weighted by molar-refractivity contribution is -0.143. The first-order valence-electron chi connectivity index (χ1n) is 6.45. The molecule has 0 saturated heterocycles. The first-order chi connectivity index (χ1) is 9.97. The maximum atomic E-state index is 10.9. The molecule has 0 heterocycles. The smallest absolute Gasteiger partial charge is 0.326 e. The summed E-state index contributed by atoms with van der Waals surface area (Å²) in [6, 6.07) is 16.3. The number of para-hydroxylation sites is 1. The molecule has 0 fully saturated rings. The lowest BCUT2D eigenvalue weighted by atomic mass is 10.1. The second-order valence-corrected chi connectivity index (χ2v) is 4.90. The van der Waals surface area contributed by atoms with E-state index in [4.69, 9.17) is 20.3 Å². The normalized spacial score (nSPS) is 13.2. The number of carbonyl (C=O) groups is 1. The van der Waals surface area contributed by atoms with Crippen LogP contribution in [0.1, 0.15) is 6.92 Å². The highest BCUT2D eigenvalue weighted by Gasteiger charge is 2.28. The summed E-state index contributed by atoms with van der Waals surface area (Å²) in [6.45, 7) is 1.30. The van der Waals surface area contributed by atoms with Gasteiger partial charge in [0.2, 0.25) is 0 Å². The van der Waals surface area contributed by atoms with E-state index < -0.39 is 11.5 Å². The predicted molar refractivity (Wildman–Crippen MR) is 78.7 cm³/mol. The molecule has 3 N–H and O–H groups in total. The second-order valence-electron chi connectivity index (χ2n) is 4.90. The standard InChI is InChI=1S/C16H17NO4/c1-16(17,15(18)19)11-20-12-7-9-14(10-8-12)21-13-5-3-2-4-6-13/h2-10H,11,17H2,1H3,(H,18,19). The molecule has 21 heavy (non-hydrogen) atoms. The number of carboxylic acid groups (broad SMARTS) is 1. The van der Waals surface area contributed by atoms with Gasteiger partial charge in [-0.2, -0.15) is 0 Å². The van der Waals surface area contributed by atoms with E-state index in [1.807, 2.05) is 30.3 Å². The summed E-state index contributed by atoms with van der Waals surface area (Å²) in [5.41, 5.74) is 4.17. The van der Waals surface area contributed by atoms with Gasteiger partial charge < -0.3 is 20.3 Å². The van der Waals surface area contributed by atoms with Crippen LogP contribution in [0.4, 0.5) is 0 Å². The van der Waals surface area contributed by atoms with Crippen LogP contribution in [0.5, 0.6) is 17.2 Å². The van der Waals surface area contributed by atoms with Crippen LogP contribution in [0.2, 0.25) is 0 Å². The van der Waals surface area contributed by atoms with Crippen LogP contribution in [0, 0.1) is 0 Å².